The van der Waals surface area contributed by atoms with Crippen LogP contribution in [0.15, 0.2) is 21.9 Å². The molecule has 0 spiro atoms. The Labute approximate surface area is 125 Å². The van der Waals surface area contributed by atoms with Crippen molar-refractivity contribution in [2.75, 3.05) is 19.6 Å². The lowest BCUT2D eigenvalue weighted by molar-refractivity contribution is -0.137. The first-order chi connectivity index (χ1) is 10.1. The van der Waals surface area contributed by atoms with Gasteiger partial charge in [0.15, 0.2) is 10.8 Å². The molecule has 0 saturated carbocycles. The highest BCUT2D eigenvalue weighted by molar-refractivity contribution is 7.13. The maximum Gasteiger partial charge on any atom is 0.239 e. The molecule has 0 aromatic carbocycles. The largest absolute Gasteiger partial charge is 0.459 e. The Hall–Kier alpha value is -2.15. The third kappa shape index (κ3) is 3.13. The zero-order valence-electron chi connectivity index (χ0n) is 11.6. The molecule has 3 heterocycles. The molecule has 0 radical (unpaired) electrons. The normalized spacial score (nSPS) is 15.1. The quantitative estimate of drug-likeness (QED) is 0.925. The van der Waals surface area contributed by atoms with E-state index >= 15 is 0 Å². The van der Waals surface area contributed by atoms with Crippen molar-refractivity contribution in [3.05, 3.63) is 29.0 Å². The first kappa shape index (κ1) is 13.8. The minimum Gasteiger partial charge on any atom is -0.459 e. The third-order valence-electron chi connectivity index (χ3n) is 3.23. The van der Waals surface area contributed by atoms with Crippen LogP contribution in [0.1, 0.15) is 11.5 Å². The molecule has 2 aromatic heterocycles. The van der Waals surface area contributed by atoms with Crippen LogP contribution < -0.4 is 5.32 Å². The molecule has 21 heavy (non-hydrogen) atoms. The second-order valence-corrected chi connectivity index (χ2v) is 5.75. The van der Waals surface area contributed by atoms with E-state index < -0.39 is 0 Å². The first-order valence-electron chi connectivity index (χ1n) is 6.67. The maximum atomic E-state index is 12.2. The highest BCUT2D eigenvalue weighted by atomic mass is 32.1. The van der Waals surface area contributed by atoms with Gasteiger partial charge in [0, 0.05) is 18.5 Å². The molecule has 6 nitrogen and oxygen atoms in total. The lowest BCUT2D eigenvalue weighted by Crippen LogP contribution is -2.50. The van der Waals surface area contributed by atoms with E-state index in [9.17, 15) is 9.59 Å². The van der Waals surface area contributed by atoms with Crippen molar-refractivity contribution in [2.24, 2.45) is 0 Å². The Bertz CT molecular complexity index is 677. The van der Waals surface area contributed by atoms with Gasteiger partial charge in [-0.05, 0) is 19.1 Å². The molecule has 110 valence electrons. The number of rotatable bonds is 3. The number of thiazole rings is 1. The number of carbonyl (C=O) groups is 2. The second-order valence-electron chi connectivity index (χ2n) is 4.90. The number of hydrogen-bond donors (Lipinski definition) is 1. The van der Waals surface area contributed by atoms with E-state index in [1.807, 2.05) is 24.4 Å². The van der Waals surface area contributed by atoms with Crippen molar-refractivity contribution < 1.29 is 14.0 Å². The molecule has 0 aliphatic carbocycles. The molecule has 1 fully saturated rings. The molecule has 3 rings (SSSR count). The van der Waals surface area contributed by atoms with Crippen LogP contribution in [-0.2, 0) is 16.0 Å². The highest BCUT2D eigenvalue weighted by Crippen LogP contribution is 2.25. The SMILES string of the molecule is Cc1ccc(-c2nc(CC(=O)N3CCNC(=O)C3)cs2)o1. The lowest BCUT2D eigenvalue weighted by Gasteiger charge is -2.26. The maximum absolute atomic E-state index is 12.2. The molecule has 0 bridgehead atoms. The first-order valence-corrected chi connectivity index (χ1v) is 7.55. The Morgan fingerprint density at radius 3 is 3.10 bits per heavy atom. The lowest BCUT2D eigenvalue weighted by atomic mass is 10.2. The number of hydrogen-bond acceptors (Lipinski definition) is 5. The summed E-state index contributed by atoms with van der Waals surface area (Å²) in [6, 6.07) is 3.75. The molecular formula is C14H15N3O3S. The van der Waals surface area contributed by atoms with Gasteiger partial charge in [-0.3, -0.25) is 9.59 Å². The molecule has 2 aromatic rings. The topological polar surface area (TPSA) is 75.4 Å². The number of nitrogens with zero attached hydrogens (tertiary/aromatic N) is 2. The van der Waals surface area contributed by atoms with Gasteiger partial charge in [-0.1, -0.05) is 0 Å². The molecule has 1 aliphatic rings. The number of nitrogens with one attached hydrogen (secondary N) is 1. The van der Waals surface area contributed by atoms with E-state index in [4.69, 9.17) is 4.42 Å². The number of amides is 2. The van der Waals surface area contributed by atoms with Crippen LogP contribution in [-0.4, -0.2) is 41.3 Å². The van der Waals surface area contributed by atoms with E-state index in [1.165, 1.54) is 11.3 Å². The molecule has 0 atom stereocenters. The minimum atomic E-state index is -0.111. The van der Waals surface area contributed by atoms with Crippen LogP contribution in [0.2, 0.25) is 0 Å². The summed E-state index contributed by atoms with van der Waals surface area (Å²) < 4.78 is 5.52. The van der Waals surface area contributed by atoms with Crippen LogP contribution in [0.25, 0.3) is 10.8 Å². The third-order valence-corrected chi connectivity index (χ3v) is 4.13. The van der Waals surface area contributed by atoms with Gasteiger partial charge in [0.25, 0.3) is 0 Å². The van der Waals surface area contributed by atoms with Crippen molar-refractivity contribution >= 4 is 23.2 Å². The van der Waals surface area contributed by atoms with Crippen molar-refractivity contribution in [3.8, 4) is 10.8 Å². The fraction of sp³-hybridized carbons (Fsp3) is 0.357. The smallest absolute Gasteiger partial charge is 0.239 e. The molecule has 1 aliphatic heterocycles. The van der Waals surface area contributed by atoms with E-state index in [1.54, 1.807) is 4.90 Å². The van der Waals surface area contributed by atoms with Gasteiger partial charge in [0.2, 0.25) is 11.8 Å². The van der Waals surface area contributed by atoms with Gasteiger partial charge in [0.05, 0.1) is 18.7 Å². The summed E-state index contributed by atoms with van der Waals surface area (Å²) >= 11 is 1.45. The number of aromatic nitrogens is 1. The fourth-order valence-corrected chi connectivity index (χ4v) is 2.95. The van der Waals surface area contributed by atoms with Crippen molar-refractivity contribution in [2.45, 2.75) is 13.3 Å². The van der Waals surface area contributed by atoms with Crippen LogP contribution >= 0.6 is 11.3 Å². The fourth-order valence-electron chi connectivity index (χ4n) is 2.17. The van der Waals surface area contributed by atoms with E-state index in [0.717, 1.165) is 10.8 Å². The summed E-state index contributed by atoms with van der Waals surface area (Å²) in [5.41, 5.74) is 0.708. The van der Waals surface area contributed by atoms with E-state index in [-0.39, 0.29) is 24.8 Å². The molecule has 1 N–H and O–H groups in total. The van der Waals surface area contributed by atoms with Crippen LogP contribution in [0, 0.1) is 6.92 Å². The van der Waals surface area contributed by atoms with Crippen molar-refractivity contribution in [3.63, 3.8) is 0 Å². The Morgan fingerprint density at radius 2 is 2.38 bits per heavy atom. The van der Waals surface area contributed by atoms with Gasteiger partial charge in [0.1, 0.15) is 5.76 Å². The monoisotopic (exact) mass is 305 g/mol. The Morgan fingerprint density at radius 1 is 1.52 bits per heavy atom. The second kappa shape index (κ2) is 5.69. The number of aryl methyl sites for hydroxylation is 1. The summed E-state index contributed by atoms with van der Waals surface area (Å²) in [6.45, 7) is 3.08. The van der Waals surface area contributed by atoms with Gasteiger partial charge in [-0.15, -0.1) is 11.3 Å². The standard InChI is InChI=1S/C14H15N3O3S/c1-9-2-3-11(20-9)14-16-10(8-21-14)6-13(19)17-5-4-15-12(18)7-17/h2-3,8H,4-7H2,1H3,(H,15,18). The number of piperazine rings is 1. The van der Waals surface area contributed by atoms with Gasteiger partial charge >= 0.3 is 0 Å². The minimum absolute atomic E-state index is 0.0719. The predicted molar refractivity (Wildman–Crippen MR) is 77.8 cm³/mol. The van der Waals surface area contributed by atoms with Crippen LogP contribution in [0.5, 0.6) is 0 Å². The van der Waals surface area contributed by atoms with E-state index in [0.29, 0.717) is 24.5 Å². The molecule has 7 heteroatoms. The molecule has 0 unspecified atom stereocenters. The number of carbonyl (C=O) groups excluding carboxylic acids is 2. The predicted octanol–water partition coefficient (Wildman–Crippen LogP) is 1.21. The highest BCUT2D eigenvalue weighted by Gasteiger charge is 2.22. The van der Waals surface area contributed by atoms with Crippen molar-refractivity contribution in [1.82, 2.24) is 15.2 Å². The summed E-state index contributed by atoms with van der Waals surface area (Å²) in [6.07, 6.45) is 0.212. The average molecular weight is 305 g/mol. The van der Waals surface area contributed by atoms with Crippen LogP contribution in [0.3, 0.4) is 0 Å². The summed E-state index contributed by atoms with van der Waals surface area (Å²) in [7, 11) is 0. The molecule has 1 saturated heterocycles. The Kier molecular flexibility index (Phi) is 3.74. The molecular weight excluding hydrogens is 290 g/mol. The summed E-state index contributed by atoms with van der Waals surface area (Å²) in [5.74, 6) is 1.36. The van der Waals surface area contributed by atoms with E-state index in [2.05, 4.69) is 10.3 Å². The molecule has 2 amide bonds. The zero-order valence-corrected chi connectivity index (χ0v) is 12.4. The summed E-state index contributed by atoms with van der Waals surface area (Å²) in [5, 5.41) is 5.32. The van der Waals surface area contributed by atoms with Gasteiger partial charge in [-0.25, -0.2) is 4.98 Å². The van der Waals surface area contributed by atoms with Crippen LogP contribution in [0.4, 0.5) is 0 Å². The zero-order chi connectivity index (χ0) is 14.8. The average Bonchev–Trinajstić information content (AvgIpc) is 3.07. The van der Waals surface area contributed by atoms with Gasteiger partial charge < -0.3 is 14.6 Å². The van der Waals surface area contributed by atoms with Gasteiger partial charge in [-0.2, -0.15) is 0 Å². The van der Waals surface area contributed by atoms with Crippen molar-refractivity contribution in [1.29, 1.82) is 0 Å². The summed E-state index contributed by atoms with van der Waals surface area (Å²) in [4.78, 5) is 29.4. The Balaban J connectivity index is 1.66. The number of furan rings is 1.